The number of furan rings is 1. The summed E-state index contributed by atoms with van der Waals surface area (Å²) in [5, 5.41) is 12.5. The van der Waals surface area contributed by atoms with E-state index in [1.165, 1.54) is 37.0 Å². The smallest absolute Gasteiger partial charge is 0.416 e. The van der Waals surface area contributed by atoms with E-state index in [4.69, 9.17) is 4.42 Å². The lowest BCUT2D eigenvalue weighted by Gasteiger charge is -2.17. The van der Waals surface area contributed by atoms with E-state index < -0.39 is 35.9 Å². The number of benzene rings is 1. The molecule has 0 aliphatic heterocycles. The van der Waals surface area contributed by atoms with Crippen LogP contribution >= 0.6 is 0 Å². The number of aliphatic hydroxyl groups excluding tert-OH is 1. The Balaban J connectivity index is 1.86. The molecule has 0 saturated carbocycles. The Hall–Kier alpha value is -3.14. The van der Waals surface area contributed by atoms with Crippen LogP contribution in [-0.2, 0) is 13.2 Å². The highest BCUT2D eigenvalue weighted by atomic mass is 19.4. The molecule has 2 N–H and O–H groups in total. The molecule has 7 nitrogen and oxygen atoms in total. The third kappa shape index (κ3) is 3.50. The van der Waals surface area contributed by atoms with Crippen molar-refractivity contribution in [2.24, 2.45) is 7.05 Å². The first-order valence-electron chi connectivity index (χ1n) is 8.18. The van der Waals surface area contributed by atoms with Crippen molar-refractivity contribution >= 4 is 17.0 Å². The fourth-order valence-corrected chi connectivity index (χ4v) is 2.89. The van der Waals surface area contributed by atoms with E-state index in [-0.39, 0.29) is 28.0 Å². The summed E-state index contributed by atoms with van der Waals surface area (Å²) in [6.07, 6.45) is -4.99. The van der Waals surface area contributed by atoms with Gasteiger partial charge in [0.15, 0.2) is 0 Å². The number of aliphatic hydroxyl groups is 1. The van der Waals surface area contributed by atoms with Crippen LogP contribution in [0, 0.1) is 6.92 Å². The lowest BCUT2D eigenvalue weighted by molar-refractivity contribution is -0.139. The zero-order valence-electron chi connectivity index (χ0n) is 14.9. The molecule has 0 saturated heterocycles. The number of hydrogen-bond donors (Lipinski definition) is 2. The minimum absolute atomic E-state index is 0.0197. The second-order valence-corrected chi connectivity index (χ2v) is 6.18. The average molecular weight is 395 g/mol. The first-order valence-corrected chi connectivity index (χ1v) is 8.18. The number of nitrogens with one attached hydrogen (secondary N) is 1. The average Bonchev–Trinajstić information content (AvgIpc) is 2.98. The molecule has 0 spiro atoms. The summed E-state index contributed by atoms with van der Waals surface area (Å²) in [4.78, 5) is 28.8. The number of aromatic nitrogens is 2. The van der Waals surface area contributed by atoms with Gasteiger partial charge in [-0.05, 0) is 18.6 Å². The Kier molecular flexibility index (Phi) is 4.99. The van der Waals surface area contributed by atoms with Gasteiger partial charge in [-0.25, -0.2) is 4.98 Å². The van der Waals surface area contributed by atoms with E-state index in [2.05, 4.69) is 10.3 Å². The number of carbonyl (C=O) groups excluding carboxylic acids is 1. The van der Waals surface area contributed by atoms with Crippen LogP contribution in [0.25, 0.3) is 11.1 Å². The van der Waals surface area contributed by atoms with Crippen LogP contribution < -0.4 is 10.9 Å². The molecule has 1 atom stereocenters. The molecule has 1 amide bonds. The van der Waals surface area contributed by atoms with Gasteiger partial charge in [-0.2, -0.15) is 13.2 Å². The fraction of sp³-hybridized carbons (Fsp3) is 0.278. The summed E-state index contributed by atoms with van der Waals surface area (Å²) >= 11 is 0. The molecule has 1 aromatic carbocycles. The first kappa shape index (κ1) is 19.6. The predicted octanol–water partition coefficient (Wildman–Crippen LogP) is 2.32. The minimum atomic E-state index is -4.64. The number of rotatable bonds is 4. The normalized spacial score (nSPS) is 12.9. The van der Waals surface area contributed by atoms with Gasteiger partial charge in [0.25, 0.3) is 11.5 Å². The van der Waals surface area contributed by atoms with E-state index in [0.717, 1.165) is 12.1 Å². The lowest BCUT2D eigenvalue weighted by Crippen LogP contribution is -2.30. The minimum Gasteiger partial charge on any atom is -0.442 e. The third-order valence-electron chi connectivity index (χ3n) is 4.26. The summed E-state index contributed by atoms with van der Waals surface area (Å²) in [6.45, 7) is 0.976. The van der Waals surface area contributed by atoms with Crippen LogP contribution in [0.15, 0.2) is 39.8 Å². The highest BCUT2D eigenvalue weighted by Crippen LogP contribution is 2.34. The molecule has 0 aliphatic carbocycles. The van der Waals surface area contributed by atoms with Crippen LogP contribution in [0.4, 0.5) is 13.2 Å². The topological polar surface area (TPSA) is 97.4 Å². The molecule has 0 aliphatic rings. The maximum absolute atomic E-state index is 13.1. The zero-order valence-corrected chi connectivity index (χ0v) is 14.9. The monoisotopic (exact) mass is 395 g/mol. The molecule has 28 heavy (non-hydrogen) atoms. The Morgan fingerprint density at radius 3 is 2.71 bits per heavy atom. The summed E-state index contributed by atoms with van der Waals surface area (Å²) in [6, 6.07) is 4.56. The molecule has 2 heterocycles. The predicted molar refractivity (Wildman–Crippen MR) is 92.7 cm³/mol. The molecule has 3 rings (SSSR count). The van der Waals surface area contributed by atoms with E-state index in [0.29, 0.717) is 0 Å². The number of hydrogen-bond acceptors (Lipinski definition) is 5. The molecule has 2 aromatic heterocycles. The quantitative estimate of drug-likeness (QED) is 0.707. The number of amides is 1. The van der Waals surface area contributed by atoms with Crippen molar-refractivity contribution < 1.29 is 27.5 Å². The highest BCUT2D eigenvalue weighted by Gasteiger charge is 2.34. The molecule has 0 fully saturated rings. The first-order chi connectivity index (χ1) is 13.1. The number of carbonyl (C=O) groups is 1. The Labute approximate surface area is 156 Å². The molecular weight excluding hydrogens is 379 g/mol. The van der Waals surface area contributed by atoms with Gasteiger partial charge in [0.1, 0.15) is 17.5 Å². The van der Waals surface area contributed by atoms with E-state index in [1.807, 2.05) is 0 Å². The molecule has 3 aromatic rings. The van der Waals surface area contributed by atoms with Crippen LogP contribution in [0.5, 0.6) is 0 Å². The fourth-order valence-electron chi connectivity index (χ4n) is 2.89. The molecule has 10 heteroatoms. The second-order valence-electron chi connectivity index (χ2n) is 6.18. The SMILES string of the molecule is Cc1oc2ncn(C)c(=O)c2c1C(=O)NCC(O)c1ccccc1C(F)(F)F. The number of alkyl halides is 3. The maximum atomic E-state index is 13.1. The summed E-state index contributed by atoms with van der Waals surface area (Å²) in [5.74, 6) is -0.627. The van der Waals surface area contributed by atoms with Crippen molar-refractivity contribution in [1.29, 1.82) is 0 Å². The second kappa shape index (κ2) is 7.12. The van der Waals surface area contributed by atoms with E-state index in [1.54, 1.807) is 0 Å². The summed E-state index contributed by atoms with van der Waals surface area (Å²) in [5.41, 5.74) is -1.94. The van der Waals surface area contributed by atoms with Crippen molar-refractivity contribution in [2.75, 3.05) is 6.54 Å². The van der Waals surface area contributed by atoms with E-state index in [9.17, 15) is 27.9 Å². The third-order valence-corrected chi connectivity index (χ3v) is 4.26. The molecule has 0 bridgehead atoms. The zero-order chi connectivity index (χ0) is 20.6. The number of fused-ring (bicyclic) bond motifs is 1. The Morgan fingerprint density at radius 2 is 2.04 bits per heavy atom. The Bertz CT molecular complexity index is 1100. The largest absolute Gasteiger partial charge is 0.442 e. The van der Waals surface area contributed by atoms with Gasteiger partial charge in [0, 0.05) is 13.6 Å². The van der Waals surface area contributed by atoms with Crippen molar-refractivity contribution in [3.63, 3.8) is 0 Å². The van der Waals surface area contributed by atoms with Gasteiger partial charge < -0.3 is 19.4 Å². The summed E-state index contributed by atoms with van der Waals surface area (Å²) < 4.78 is 45.7. The number of halogens is 3. The number of aryl methyl sites for hydroxylation is 2. The van der Waals surface area contributed by atoms with Crippen molar-refractivity contribution in [1.82, 2.24) is 14.9 Å². The van der Waals surface area contributed by atoms with Crippen molar-refractivity contribution in [3.8, 4) is 0 Å². The van der Waals surface area contributed by atoms with Crippen LogP contribution in [0.1, 0.15) is 33.3 Å². The van der Waals surface area contributed by atoms with Crippen LogP contribution in [0.2, 0.25) is 0 Å². The standard InChI is InChI=1S/C18H16F3N3O4/c1-9-13(14-16(28-9)23-8-24(2)17(14)27)15(26)22-7-12(25)10-5-3-4-6-11(10)18(19,20)21/h3-6,8,12,25H,7H2,1-2H3,(H,22,26). The molecule has 148 valence electrons. The molecular formula is C18H16F3N3O4. The van der Waals surface area contributed by atoms with Gasteiger partial charge in [-0.15, -0.1) is 0 Å². The summed E-state index contributed by atoms with van der Waals surface area (Å²) in [7, 11) is 1.45. The molecule has 1 unspecified atom stereocenters. The molecule has 0 radical (unpaired) electrons. The van der Waals surface area contributed by atoms with Gasteiger partial charge in [0.2, 0.25) is 5.71 Å². The Morgan fingerprint density at radius 1 is 1.36 bits per heavy atom. The van der Waals surface area contributed by atoms with Crippen molar-refractivity contribution in [3.05, 3.63) is 63.4 Å². The highest BCUT2D eigenvalue weighted by molar-refractivity contribution is 6.06. The number of nitrogens with zero attached hydrogens (tertiary/aromatic N) is 2. The maximum Gasteiger partial charge on any atom is 0.416 e. The van der Waals surface area contributed by atoms with Crippen molar-refractivity contribution in [2.45, 2.75) is 19.2 Å². The van der Waals surface area contributed by atoms with Crippen LogP contribution in [0.3, 0.4) is 0 Å². The van der Waals surface area contributed by atoms with Gasteiger partial charge >= 0.3 is 6.18 Å². The van der Waals surface area contributed by atoms with Gasteiger partial charge in [-0.3, -0.25) is 9.59 Å². The van der Waals surface area contributed by atoms with E-state index >= 15 is 0 Å². The van der Waals surface area contributed by atoms with Crippen LogP contribution in [-0.4, -0.2) is 27.1 Å². The van der Waals surface area contributed by atoms with Gasteiger partial charge in [-0.1, -0.05) is 18.2 Å². The van der Waals surface area contributed by atoms with Gasteiger partial charge in [0.05, 0.1) is 17.2 Å². The lowest BCUT2D eigenvalue weighted by atomic mass is 10.0.